The van der Waals surface area contributed by atoms with Crippen LogP contribution >= 0.6 is 0 Å². The monoisotopic (exact) mass is 451 g/mol. The van der Waals surface area contributed by atoms with Crippen molar-refractivity contribution in [2.75, 3.05) is 15.4 Å². The highest BCUT2D eigenvalue weighted by Gasteiger charge is 2.19. The molecular weight excluding hydrogens is 426 g/mol. The summed E-state index contributed by atoms with van der Waals surface area (Å²) in [5.41, 5.74) is 3.28. The first-order chi connectivity index (χ1) is 15.2. The minimum absolute atomic E-state index is 0.0151. The molecule has 0 bridgehead atoms. The van der Waals surface area contributed by atoms with Gasteiger partial charge in [-0.25, -0.2) is 8.42 Å². The number of amides is 2. The summed E-state index contributed by atoms with van der Waals surface area (Å²) < 4.78 is 28.2. The Hall–Kier alpha value is -3.65. The smallest absolute Gasteiger partial charge is 0.261 e. The van der Waals surface area contributed by atoms with Crippen LogP contribution in [0.3, 0.4) is 0 Å². The Morgan fingerprint density at radius 1 is 0.812 bits per heavy atom. The highest BCUT2D eigenvalue weighted by Crippen LogP contribution is 2.22. The first kappa shape index (κ1) is 23.0. The molecule has 0 fully saturated rings. The first-order valence-corrected chi connectivity index (χ1v) is 11.6. The van der Waals surface area contributed by atoms with E-state index in [-0.39, 0.29) is 16.4 Å². The van der Waals surface area contributed by atoms with E-state index in [1.165, 1.54) is 12.1 Å². The molecule has 0 aromatic heterocycles. The minimum Gasteiger partial charge on any atom is -0.326 e. The van der Waals surface area contributed by atoms with Gasteiger partial charge in [0, 0.05) is 29.0 Å². The molecule has 2 amide bonds. The molecule has 8 heteroatoms. The van der Waals surface area contributed by atoms with E-state index in [1.54, 1.807) is 62.4 Å². The molecular formula is C24H25N3O4S. The lowest BCUT2D eigenvalue weighted by atomic mass is 10.1. The largest absolute Gasteiger partial charge is 0.326 e. The molecule has 3 aromatic rings. The van der Waals surface area contributed by atoms with Gasteiger partial charge in [0.1, 0.15) is 0 Å². The van der Waals surface area contributed by atoms with Gasteiger partial charge in [-0.1, -0.05) is 31.2 Å². The van der Waals surface area contributed by atoms with E-state index in [0.29, 0.717) is 29.0 Å². The van der Waals surface area contributed by atoms with E-state index in [1.807, 2.05) is 13.0 Å². The Morgan fingerprint density at radius 2 is 1.47 bits per heavy atom. The summed E-state index contributed by atoms with van der Waals surface area (Å²) in [6, 6.07) is 18.2. The van der Waals surface area contributed by atoms with Crippen LogP contribution in [-0.2, 0) is 14.8 Å². The third-order valence-corrected chi connectivity index (χ3v) is 6.14. The Morgan fingerprint density at radius 3 is 2.16 bits per heavy atom. The van der Waals surface area contributed by atoms with Crippen LogP contribution in [0, 0.1) is 13.8 Å². The van der Waals surface area contributed by atoms with Crippen LogP contribution in [0.15, 0.2) is 71.6 Å². The number of benzene rings is 3. The second kappa shape index (κ2) is 9.65. The fourth-order valence-electron chi connectivity index (χ4n) is 3.06. The van der Waals surface area contributed by atoms with Gasteiger partial charge in [-0.05, 0) is 67.4 Å². The molecule has 0 saturated carbocycles. The van der Waals surface area contributed by atoms with Gasteiger partial charge >= 0.3 is 0 Å². The van der Waals surface area contributed by atoms with Crippen molar-refractivity contribution in [2.45, 2.75) is 32.1 Å². The van der Waals surface area contributed by atoms with Crippen LogP contribution in [0.5, 0.6) is 0 Å². The third-order valence-electron chi connectivity index (χ3n) is 4.76. The molecule has 0 aliphatic rings. The van der Waals surface area contributed by atoms with Crippen molar-refractivity contribution in [2.24, 2.45) is 0 Å². The zero-order valence-electron chi connectivity index (χ0n) is 18.1. The topological polar surface area (TPSA) is 104 Å². The van der Waals surface area contributed by atoms with Crippen molar-refractivity contribution in [1.82, 2.24) is 0 Å². The molecule has 7 nitrogen and oxygen atoms in total. The van der Waals surface area contributed by atoms with E-state index in [4.69, 9.17) is 0 Å². The molecule has 32 heavy (non-hydrogen) atoms. The molecule has 0 aliphatic heterocycles. The Labute approximate surface area is 187 Å². The van der Waals surface area contributed by atoms with Gasteiger partial charge in [0.15, 0.2) is 0 Å². The molecule has 3 rings (SSSR count). The number of hydrogen-bond donors (Lipinski definition) is 3. The summed E-state index contributed by atoms with van der Waals surface area (Å²) in [6.45, 7) is 5.35. The van der Waals surface area contributed by atoms with Crippen molar-refractivity contribution in [1.29, 1.82) is 0 Å². The van der Waals surface area contributed by atoms with Gasteiger partial charge in [-0.3, -0.25) is 14.3 Å². The van der Waals surface area contributed by atoms with Crippen molar-refractivity contribution in [3.8, 4) is 0 Å². The number of rotatable bonds is 7. The van der Waals surface area contributed by atoms with Gasteiger partial charge in [0.2, 0.25) is 5.91 Å². The fraction of sp³-hybridized carbons (Fsp3) is 0.167. The number of hydrogen-bond acceptors (Lipinski definition) is 4. The highest BCUT2D eigenvalue weighted by atomic mass is 32.2. The summed E-state index contributed by atoms with van der Waals surface area (Å²) in [7, 11) is -3.88. The lowest BCUT2D eigenvalue weighted by molar-refractivity contribution is -0.115. The molecule has 166 valence electrons. The Kier molecular flexibility index (Phi) is 6.95. The lowest BCUT2D eigenvalue weighted by Gasteiger charge is -2.13. The van der Waals surface area contributed by atoms with Crippen LogP contribution < -0.4 is 15.4 Å². The van der Waals surface area contributed by atoms with Crippen LogP contribution in [0.25, 0.3) is 0 Å². The quantitative estimate of drug-likeness (QED) is 0.484. The van der Waals surface area contributed by atoms with E-state index >= 15 is 0 Å². The standard InChI is InChI=1S/C24H25N3O4S/c1-4-23(28)25-18-8-6-9-19(14-18)26-24(29)22-15-21(12-11-17(22)3)32(30,31)27-20-10-5-7-16(2)13-20/h5-15,27H,4H2,1-3H3,(H,25,28)(H,26,29). The van der Waals surface area contributed by atoms with E-state index in [0.717, 1.165) is 5.56 Å². The molecule has 0 atom stereocenters. The molecule has 0 aliphatic carbocycles. The maximum Gasteiger partial charge on any atom is 0.261 e. The molecule has 0 heterocycles. The van der Waals surface area contributed by atoms with Crippen LogP contribution in [0.4, 0.5) is 17.1 Å². The molecule has 0 radical (unpaired) electrons. The molecule has 0 saturated heterocycles. The number of nitrogens with one attached hydrogen (secondary N) is 3. The maximum atomic E-state index is 12.9. The minimum atomic E-state index is -3.88. The number of anilines is 3. The van der Waals surface area contributed by atoms with Crippen LogP contribution in [0.2, 0.25) is 0 Å². The molecule has 0 unspecified atom stereocenters. The first-order valence-electron chi connectivity index (χ1n) is 10.1. The molecule has 3 N–H and O–H groups in total. The highest BCUT2D eigenvalue weighted by molar-refractivity contribution is 7.92. The Bertz CT molecular complexity index is 1270. The summed E-state index contributed by atoms with van der Waals surface area (Å²) in [5, 5.41) is 5.50. The average molecular weight is 452 g/mol. The SMILES string of the molecule is CCC(=O)Nc1cccc(NC(=O)c2cc(S(=O)(=O)Nc3cccc(C)c3)ccc2C)c1. The van der Waals surface area contributed by atoms with Gasteiger partial charge in [-0.2, -0.15) is 0 Å². The second-order valence-electron chi connectivity index (χ2n) is 7.39. The van der Waals surface area contributed by atoms with Gasteiger partial charge in [0.05, 0.1) is 4.90 Å². The van der Waals surface area contributed by atoms with Gasteiger partial charge in [0.25, 0.3) is 15.9 Å². The Balaban J connectivity index is 1.83. The predicted molar refractivity (Wildman–Crippen MR) is 126 cm³/mol. The zero-order valence-corrected chi connectivity index (χ0v) is 18.9. The van der Waals surface area contributed by atoms with Crippen molar-refractivity contribution < 1.29 is 18.0 Å². The number of sulfonamides is 1. The lowest BCUT2D eigenvalue weighted by Crippen LogP contribution is -2.17. The van der Waals surface area contributed by atoms with Crippen molar-refractivity contribution >= 4 is 38.9 Å². The second-order valence-corrected chi connectivity index (χ2v) is 9.07. The molecule has 0 spiro atoms. The summed E-state index contributed by atoms with van der Waals surface area (Å²) in [4.78, 5) is 24.5. The number of carbonyl (C=O) groups excluding carboxylic acids is 2. The van der Waals surface area contributed by atoms with Gasteiger partial charge < -0.3 is 10.6 Å². The van der Waals surface area contributed by atoms with Crippen LogP contribution in [-0.4, -0.2) is 20.2 Å². The fourth-order valence-corrected chi connectivity index (χ4v) is 4.13. The zero-order chi connectivity index (χ0) is 23.3. The number of aryl methyl sites for hydroxylation is 2. The summed E-state index contributed by atoms with van der Waals surface area (Å²) in [5.74, 6) is -0.586. The average Bonchev–Trinajstić information content (AvgIpc) is 2.73. The predicted octanol–water partition coefficient (Wildman–Crippen LogP) is 4.71. The summed E-state index contributed by atoms with van der Waals surface area (Å²) in [6.07, 6.45) is 0.341. The molecule has 3 aromatic carbocycles. The van der Waals surface area contributed by atoms with Gasteiger partial charge in [-0.15, -0.1) is 0 Å². The summed E-state index contributed by atoms with van der Waals surface area (Å²) >= 11 is 0. The van der Waals surface area contributed by atoms with E-state index in [2.05, 4.69) is 15.4 Å². The van der Waals surface area contributed by atoms with Crippen molar-refractivity contribution in [3.63, 3.8) is 0 Å². The third kappa shape index (κ3) is 5.73. The van der Waals surface area contributed by atoms with Crippen molar-refractivity contribution in [3.05, 3.63) is 83.4 Å². The van der Waals surface area contributed by atoms with E-state index in [9.17, 15) is 18.0 Å². The maximum absolute atomic E-state index is 12.9. The number of carbonyl (C=O) groups is 2. The normalized spacial score (nSPS) is 11.0. The van der Waals surface area contributed by atoms with E-state index < -0.39 is 15.9 Å². The van der Waals surface area contributed by atoms with Crippen LogP contribution in [0.1, 0.15) is 34.8 Å².